The van der Waals surface area contributed by atoms with Crippen LogP contribution in [0.1, 0.15) is 24.3 Å². The van der Waals surface area contributed by atoms with Gasteiger partial charge in [0.2, 0.25) is 17.6 Å². The zero-order chi connectivity index (χ0) is 19.9. The molecule has 28 heavy (non-hydrogen) atoms. The van der Waals surface area contributed by atoms with Crippen LogP contribution in [0.3, 0.4) is 0 Å². The topological polar surface area (TPSA) is 68.0 Å². The van der Waals surface area contributed by atoms with E-state index < -0.39 is 0 Å². The van der Waals surface area contributed by atoms with E-state index >= 15 is 0 Å². The molecule has 0 saturated heterocycles. The van der Waals surface area contributed by atoms with Gasteiger partial charge in [-0.05, 0) is 48.7 Å². The molecular weight excluding hydrogens is 421 g/mol. The van der Waals surface area contributed by atoms with Crippen molar-refractivity contribution in [3.05, 3.63) is 69.0 Å². The maximum absolute atomic E-state index is 12.0. The van der Waals surface area contributed by atoms with Gasteiger partial charge in [0.15, 0.2) is 0 Å². The van der Waals surface area contributed by atoms with Gasteiger partial charge < -0.3 is 9.84 Å². The lowest BCUT2D eigenvalue weighted by Crippen LogP contribution is -2.25. The van der Waals surface area contributed by atoms with Crippen LogP contribution in [0.25, 0.3) is 11.4 Å². The third kappa shape index (κ3) is 5.71. The molecule has 1 heterocycles. The Labute approximate surface area is 178 Å². The normalized spacial score (nSPS) is 10.8. The molecule has 1 aromatic heterocycles. The van der Waals surface area contributed by atoms with Gasteiger partial charge in [-0.25, -0.2) is 0 Å². The molecule has 0 aliphatic carbocycles. The minimum Gasteiger partial charge on any atom is -0.356 e. The lowest BCUT2D eigenvalue weighted by atomic mass is 10.1. The second-order valence-corrected chi connectivity index (χ2v) is 7.41. The first-order valence-corrected chi connectivity index (χ1v) is 9.94. The van der Waals surface area contributed by atoms with E-state index in [0.29, 0.717) is 59.0 Å². The number of aromatic nitrogens is 2. The maximum Gasteiger partial charge on any atom is 0.226 e. The van der Waals surface area contributed by atoms with Crippen molar-refractivity contribution in [1.29, 1.82) is 0 Å². The number of benzene rings is 2. The van der Waals surface area contributed by atoms with Crippen molar-refractivity contribution in [2.75, 3.05) is 6.54 Å². The number of hydrogen-bond donors (Lipinski definition) is 1. The molecule has 8 heteroatoms. The summed E-state index contributed by atoms with van der Waals surface area (Å²) >= 11 is 18.0. The van der Waals surface area contributed by atoms with Crippen LogP contribution in [0.5, 0.6) is 0 Å². The number of nitrogens with zero attached hydrogens (tertiary/aromatic N) is 2. The SMILES string of the molecule is O=C(CCCc1nc(-c2ccc(Cl)cc2)no1)NCCc1cccc(Cl)c1Cl. The van der Waals surface area contributed by atoms with E-state index in [9.17, 15) is 4.79 Å². The summed E-state index contributed by atoms with van der Waals surface area (Å²) in [4.78, 5) is 16.3. The highest BCUT2D eigenvalue weighted by molar-refractivity contribution is 6.42. The van der Waals surface area contributed by atoms with Crippen molar-refractivity contribution >= 4 is 40.7 Å². The fourth-order valence-corrected chi connectivity index (χ4v) is 3.18. The van der Waals surface area contributed by atoms with Gasteiger partial charge in [0, 0.05) is 30.0 Å². The molecule has 0 radical (unpaired) electrons. The molecule has 0 unspecified atom stereocenters. The zero-order valence-corrected chi connectivity index (χ0v) is 17.2. The highest BCUT2D eigenvalue weighted by Crippen LogP contribution is 2.25. The number of amides is 1. The molecule has 3 rings (SSSR count). The Balaban J connectivity index is 1.39. The molecule has 0 bridgehead atoms. The molecule has 0 aliphatic rings. The molecule has 2 aromatic carbocycles. The second-order valence-electron chi connectivity index (χ2n) is 6.19. The Morgan fingerprint density at radius 1 is 1.04 bits per heavy atom. The van der Waals surface area contributed by atoms with Gasteiger partial charge in [0.05, 0.1) is 10.0 Å². The van der Waals surface area contributed by atoms with Crippen molar-refractivity contribution in [1.82, 2.24) is 15.5 Å². The van der Waals surface area contributed by atoms with E-state index in [2.05, 4.69) is 15.5 Å². The molecule has 3 aromatic rings. The van der Waals surface area contributed by atoms with Crippen LogP contribution in [0, 0.1) is 0 Å². The summed E-state index contributed by atoms with van der Waals surface area (Å²) in [5, 5.41) is 8.54. The van der Waals surface area contributed by atoms with E-state index in [1.165, 1.54) is 0 Å². The van der Waals surface area contributed by atoms with Gasteiger partial charge in [0.1, 0.15) is 0 Å². The summed E-state index contributed by atoms with van der Waals surface area (Å²) in [7, 11) is 0. The minimum absolute atomic E-state index is 0.0319. The van der Waals surface area contributed by atoms with Gasteiger partial charge in [-0.3, -0.25) is 4.79 Å². The average molecular weight is 439 g/mol. The first kappa shape index (κ1) is 20.6. The molecule has 1 amide bonds. The Bertz CT molecular complexity index is 942. The van der Waals surface area contributed by atoms with Gasteiger partial charge in [-0.1, -0.05) is 52.1 Å². The number of aryl methyl sites for hydroxylation is 1. The number of carbonyl (C=O) groups excluding carboxylic acids is 1. The standard InChI is InChI=1S/C20H18Cl3N3O2/c21-15-9-7-14(8-10-15)20-25-18(28-26-20)6-2-5-17(27)24-12-11-13-3-1-4-16(22)19(13)23/h1,3-4,7-10H,2,5-6,11-12H2,(H,24,27). The van der Waals surface area contributed by atoms with Crippen LogP contribution in [-0.2, 0) is 17.6 Å². The van der Waals surface area contributed by atoms with Gasteiger partial charge >= 0.3 is 0 Å². The van der Waals surface area contributed by atoms with Gasteiger partial charge in [-0.2, -0.15) is 4.98 Å². The third-order valence-electron chi connectivity index (χ3n) is 4.11. The van der Waals surface area contributed by atoms with Gasteiger partial charge in [-0.15, -0.1) is 0 Å². The largest absolute Gasteiger partial charge is 0.356 e. The Morgan fingerprint density at radius 3 is 2.61 bits per heavy atom. The van der Waals surface area contributed by atoms with Crippen molar-refractivity contribution in [2.45, 2.75) is 25.7 Å². The Hall–Kier alpha value is -2.08. The van der Waals surface area contributed by atoms with Crippen molar-refractivity contribution in [3.8, 4) is 11.4 Å². The second kappa shape index (κ2) is 9.92. The molecule has 0 spiro atoms. The first-order valence-electron chi connectivity index (χ1n) is 8.81. The van der Waals surface area contributed by atoms with Crippen LogP contribution in [0.2, 0.25) is 15.1 Å². The van der Waals surface area contributed by atoms with Gasteiger partial charge in [0.25, 0.3) is 0 Å². The molecule has 1 N–H and O–H groups in total. The van der Waals surface area contributed by atoms with Crippen molar-refractivity contribution < 1.29 is 9.32 Å². The number of carbonyl (C=O) groups is 1. The van der Waals surface area contributed by atoms with Crippen LogP contribution < -0.4 is 5.32 Å². The number of rotatable bonds is 8. The molecule has 5 nitrogen and oxygen atoms in total. The van der Waals surface area contributed by atoms with E-state index in [-0.39, 0.29) is 5.91 Å². The fourth-order valence-electron chi connectivity index (χ4n) is 2.64. The van der Waals surface area contributed by atoms with Crippen LogP contribution in [0.15, 0.2) is 47.0 Å². The molecule has 0 atom stereocenters. The third-order valence-corrected chi connectivity index (χ3v) is 5.22. The summed E-state index contributed by atoms with van der Waals surface area (Å²) in [6.45, 7) is 0.500. The lowest BCUT2D eigenvalue weighted by molar-refractivity contribution is -0.121. The van der Waals surface area contributed by atoms with Crippen molar-refractivity contribution in [3.63, 3.8) is 0 Å². The number of halogens is 3. The van der Waals surface area contributed by atoms with E-state index in [1.54, 1.807) is 18.2 Å². The fraction of sp³-hybridized carbons (Fsp3) is 0.250. The molecule has 0 fully saturated rings. The molecule has 0 saturated carbocycles. The summed E-state index contributed by atoms with van der Waals surface area (Å²) in [6, 6.07) is 12.7. The highest BCUT2D eigenvalue weighted by Gasteiger charge is 2.10. The van der Waals surface area contributed by atoms with Crippen LogP contribution >= 0.6 is 34.8 Å². The first-order chi connectivity index (χ1) is 13.5. The Morgan fingerprint density at radius 2 is 1.82 bits per heavy atom. The summed E-state index contributed by atoms with van der Waals surface area (Å²) in [5.41, 5.74) is 1.74. The number of nitrogens with one attached hydrogen (secondary N) is 1. The monoisotopic (exact) mass is 437 g/mol. The van der Waals surface area contributed by atoms with Crippen molar-refractivity contribution in [2.24, 2.45) is 0 Å². The predicted molar refractivity (Wildman–Crippen MR) is 111 cm³/mol. The van der Waals surface area contributed by atoms with E-state index in [0.717, 1.165) is 11.1 Å². The predicted octanol–water partition coefficient (Wildman–Crippen LogP) is 5.38. The zero-order valence-electron chi connectivity index (χ0n) is 14.9. The van der Waals surface area contributed by atoms with E-state index in [4.69, 9.17) is 39.3 Å². The highest BCUT2D eigenvalue weighted by atomic mass is 35.5. The molecule has 146 valence electrons. The minimum atomic E-state index is -0.0319. The van der Waals surface area contributed by atoms with Crippen LogP contribution in [0.4, 0.5) is 0 Å². The lowest BCUT2D eigenvalue weighted by Gasteiger charge is -2.07. The maximum atomic E-state index is 12.0. The quantitative estimate of drug-likeness (QED) is 0.513. The summed E-state index contributed by atoms with van der Waals surface area (Å²) in [5.74, 6) is 0.980. The Kier molecular flexibility index (Phi) is 7.31. The summed E-state index contributed by atoms with van der Waals surface area (Å²) < 4.78 is 5.24. The number of hydrogen-bond acceptors (Lipinski definition) is 4. The smallest absolute Gasteiger partial charge is 0.226 e. The molecular formula is C20H18Cl3N3O2. The van der Waals surface area contributed by atoms with Crippen LogP contribution in [-0.4, -0.2) is 22.6 Å². The van der Waals surface area contributed by atoms with E-state index in [1.807, 2.05) is 24.3 Å². The molecule has 0 aliphatic heterocycles. The average Bonchev–Trinajstić information content (AvgIpc) is 3.14. The summed E-state index contributed by atoms with van der Waals surface area (Å²) in [6.07, 6.45) is 2.15.